The first kappa shape index (κ1) is 13.9. The van der Waals surface area contributed by atoms with Gasteiger partial charge >= 0.3 is 0 Å². The third-order valence-electron chi connectivity index (χ3n) is 3.07. The molecule has 0 atom stereocenters. The van der Waals surface area contributed by atoms with Gasteiger partial charge in [-0.25, -0.2) is 8.78 Å². The summed E-state index contributed by atoms with van der Waals surface area (Å²) in [7, 11) is 0. The molecule has 3 heteroatoms. The molecule has 2 aromatic carbocycles. The van der Waals surface area contributed by atoms with Gasteiger partial charge in [-0.05, 0) is 25.0 Å². The second-order valence-corrected chi connectivity index (χ2v) is 5.27. The van der Waals surface area contributed by atoms with E-state index in [1.807, 2.05) is 26.0 Å². The van der Waals surface area contributed by atoms with E-state index in [9.17, 15) is 8.78 Å². The maximum atomic E-state index is 14.0. The predicted octanol–water partition coefficient (Wildman–Crippen LogP) is 5.98. The molecule has 0 aliphatic rings. The molecule has 0 amide bonds. The number of hydrogen-bond acceptors (Lipinski definition) is 1. The largest absolute Gasteiger partial charge is 0.205 e. The van der Waals surface area contributed by atoms with E-state index in [0.717, 1.165) is 10.8 Å². The minimum absolute atomic E-state index is 0.235. The Morgan fingerprint density at radius 3 is 1.47 bits per heavy atom. The van der Waals surface area contributed by atoms with Crippen LogP contribution in [-0.4, -0.2) is 0 Å². The predicted molar refractivity (Wildman–Crippen MR) is 80.1 cm³/mol. The Hall–Kier alpha value is -1.48. The minimum Gasteiger partial charge on any atom is -0.205 e. The second-order valence-electron chi connectivity index (χ2n) is 4.25. The summed E-state index contributed by atoms with van der Waals surface area (Å²) in [6.45, 7) is 7.45. The molecule has 0 unspecified atom stereocenters. The van der Waals surface area contributed by atoms with Crippen LogP contribution in [0.25, 0.3) is 20.2 Å². The Morgan fingerprint density at radius 1 is 0.737 bits per heavy atom. The average molecular weight is 278 g/mol. The summed E-state index contributed by atoms with van der Waals surface area (Å²) in [4.78, 5) is 0. The van der Waals surface area contributed by atoms with Crippen LogP contribution in [-0.2, 0) is 0 Å². The van der Waals surface area contributed by atoms with Gasteiger partial charge in [-0.2, -0.15) is 0 Å². The minimum atomic E-state index is -0.235. The first-order valence-corrected chi connectivity index (χ1v) is 7.17. The van der Waals surface area contributed by atoms with Gasteiger partial charge in [0, 0.05) is 10.8 Å². The highest BCUT2D eigenvalue weighted by Crippen LogP contribution is 2.38. The van der Waals surface area contributed by atoms with Gasteiger partial charge in [-0.3, -0.25) is 0 Å². The zero-order valence-corrected chi connectivity index (χ0v) is 12.3. The third kappa shape index (κ3) is 2.12. The van der Waals surface area contributed by atoms with Crippen molar-refractivity contribution in [2.75, 3.05) is 0 Å². The fourth-order valence-electron chi connectivity index (χ4n) is 2.03. The maximum absolute atomic E-state index is 14.0. The fourth-order valence-corrected chi connectivity index (χ4v) is 3.32. The summed E-state index contributed by atoms with van der Waals surface area (Å²) in [6.07, 6.45) is 0. The first-order chi connectivity index (χ1) is 9.09. The Kier molecular flexibility index (Phi) is 3.85. The number of rotatable bonds is 0. The number of benzene rings is 2. The molecule has 0 radical (unpaired) electrons. The lowest BCUT2D eigenvalue weighted by Crippen LogP contribution is -1.81. The number of fused-ring (bicyclic) bond motifs is 3. The highest BCUT2D eigenvalue weighted by molar-refractivity contribution is 7.25. The average Bonchev–Trinajstić information content (AvgIpc) is 2.81. The molecule has 0 spiro atoms. The quantitative estimate of drug-likeness (QED) is 0.475. The van der Waals surface area contributed by atoms with Crippen molar-refractivity contribution < 1.29 is 8.78 Å². The molecule has 0 saturated carbocycles. The Labute approximate surface area is 115 Å². The van der Waals surface area contributed by atoms with E-state index in [0.29, 0.717) is 20.5 Å². The highest BCUT2D eigenvalue weighted by Gasteiger charge is 2.14. The molecule has 100 valence electrons. The summed E-state index contributed by atoms with van der Waals surface area (Å²) in [5, 5.41) is 1.60. The van der Waals surface area contributed by atoms with E-state index in [1.54, 1.807) is 26.0 Å². The third-order valence-corrected chi connectivity index (χ3v) is 4.28. The molecule has 0 N–H and O–H groups in total. The van der Waals surface area contributed by atoms with Gasteiger partial charge in [-0.15, -0.1) is 11.3 Å². The molecule has 0 bridgehead atoms. The SMILES string of the molecule is CC.Cc1ccc2c(sc3c(F)c(C)ccc32)c1F. The van der Waals surface area contributed by atoms with E-state index in [2.05, 4.69) is 0 Å². The zero-order valence-electron chi connectivity index (χ0n) is 11.5. The molecule has 19 heavy (non-hydrogen) atoms. The lowest BCUT2D eigenvalue weighted by Gasteiger charge is -1.97. The van der Waals surface area contributed by atoms with Crippen LogP contribution in [0.15, 0.2) is 24.3 Å². The molecule has 3 aromatic rings. The van der Waals surface area contributed by atoms with Crippen LogP contribution in [0.1, 0.15) is 25.0 Å². The van der Waals surface area contributed by atoms with Crippen LogP contribution in [0.4, 0.5) is 8.78 Å². The molecule has 3 rings (SSSR count). The molecular weight excluding hydrogens is 262 g/mol. The van der Waals surface area contributed by atoms with E-state index < -0.39 is 0 Å². The topological polar surface area (TPSA) is 0 Å². The maximum Gasteiger partial charge on any atom is 0.143 e. The van der Waals surface area contributed by atoms with Crippen LogP contribution in [0.2, 0.25) is 0 Å². The molecule has 0 saturated heterocycles. The molecular formula is C16H16F2S. The Morgan fingerprint density at radius 2 is 1.11 bits per heavy atom. The highest BCUT2D eigenvalue weighted by atomic mass is 32.1. The summed E-state index contributed by atoms with van der Waals surface area (Å²) in [5.74, 6) is -0.471. The van der Waals surface area contributed by atoms with Crippen molar-refractivity contribution in [3.05, 3.63) is 47.0 Å². The first-order valence-electron chi connectivity index (χ1n) is 6.36. The standard InChI is InChI=1S/C14H10F2S.C2H6/c1-7-3-5-9-10-6-4-8(2)12(16)14(10)17-13(9)11(7)15;1-2/h3-6H,1-2H3;1-2H3. The Balaban J connectivity index is 0.000000637. The van der Waals surface area contributed by atoms with Crippen LogP contribution in [0.5, 0.6) is 0 Å². The normalized spacial score (nSPS) is 10.6. The van der Waals surface area contributed by atoms with Crippen molar-refractivity contribution in [3.63, 3.8) is 0 Å². The number of aryl methyl sites for hydroxylation is 2. The molecule has 0 fully saturated rings. The van der Waals surface area contributed by atoms with Crippen LogP contribution < -0.4 is 0 Å². The van der Waals surface area contributed by atoms with E-state index >= 15 is 0 Å². The molecule has 0 aliphatic heterocycles. The summed E-state index contributed by atoms with van der Waals surface area (Å²) in [5.41, 5.74) is 1.20. The van der Waals surface area contributed by atoms with Gasteiger partial charge in [0.2, 0.25) is 0 Å². The van der Waals surface area contributed by atoms with Crippen LogP contribution in [0.3, 0.4) is 0 Å². The summed E-state index contributed by atoms with van der Waals surface area (Å²) >= 11 is 1.19. The van der Waals surface area contributed by atoms with Crippen molar-refractivity contribution in [2.45, 2.75) is 27.7 Å². The van der Waals surface area contributed by atoms with Gasteiger partial charge in [0.25, 0.3) is 0 Å². The van der Waals surface area contributed by atoms with E-state index in [1.165, 1.54) is 11.3 Å². The van der Waals surface area contributed by atoms with E-state index in [4.69, 9.17) is 0 Å². The van der Waals surface area contributed by atoms with Crippen molar-refractivity contribution in [1.82, 2.24) is 0 Å². The smallest absolute Gasteiger partial charge is 0.143 e. The van der Waals surface area contributed by atoms with E-state index in [-0.39, 0.29) is 11.6 Å². The van der Waals surface area contributed by atoms with Gasteiger partial charge in [0.1, 0.15) is 11.6 Å². The van der Waals surface area contributed by atoms with Crippen LogP contribution >= 0.6 is 11.3 Å². The lowest BCUT2D eigenvalue weighted by molar-refractivity contribution is 0.632. The zero-order chi connectivity index (χ0) is 14.2. The van der Waals surface area contributed by atoms with Gasteiger partial charge in [-0.1, -0.05) is 38.1 Å². The number of halogens is 2. The summed E-state index contributed by atoms with van der Waals surface area (Å²) < 4.78 is 29.0. The fraction of sp³-hybridized carbons (Fsp3) is 0.250. The summed E-state index contributed by atoms with van der Waals surface area (Å²) in [6, 6.07) is 7.20. The number of thiophene rings is 1. The Bertz CT molecular complexity index is 679. The second kappa shape index (κ2) is 5.25. The monoisotopic (exact) mass is 278 g/mol. The molecule has 1 heterocycles. The molecule has 0 nitrogen and oxygen atoms in total. The number of hydrogen-bond donors (Lipinski definition) is 0. The van der Waals surface area contributed by atoms with Gasteiger partial charge < -0.3 is 0 Å². The van der Waals surface area contributed by atoms with Gasteiger partial charge in [0.05, 0.1) is 9.40 Å². The van der Waals surface area contributed by atoms with Crippen molar-refractivity contribution in [2.24, 2.45) is 0 Å². The lowest BCUT2D eigenvalue weighted by atomic mass is 10.1. The van der Waals surface area contributed by atoms with Crippen molar-refractivity contribution in [3.8, 4) is 0 Å². The molecule has 1 aromatic heterocycles. The van der Waals surface area contributed by atoms with Crippen molar-refractivity contribution >= 4 is 31.5 Å². The van der Waals surface area contributed by atoms with Gasteiger partial charge in [0.15, 0.2) is 0 Å². The molecule has 0 aliphatic carbocycles. The van der Waals surface area contributed by atoms with Crippen molar-refractivity contribution in [1.29, 1.82) is 0 Å². The van der Waals surface area contributed by atoms with Crippen LogP contribution in [0, 0.1) is 25.5 Å².